The fraction of sp³-hybridized carbons (Fsp3) is 0.125. The Labute approximate surface area is 121 Å². The van der Waals surface area contributed by atoms with Crippen LogP contribution in [-0.4, -0.2) is 17.1 Å². The Morgan fingerprint density at radius 2 is 1.86 bits per heavy atom. The Hall–Kier alpha value is -2.53. The molecular formula is C16H14FN3O. The number of methoxy groups -OCH3 is 1. The van der Waals surface area contributed by atoms with Crippen molar-refractivity contribution in [1.82, 2.24) is 9.97 Å². The van der Waals surface area contributed by atoms with Crippen molar-refractivity contribution in [3.63, 3.8) is 0 Å². The molecule has 1 unspecified atom stereocenters. The Morgan fingerprint density at radius 1 is 1.10 bits per heavy atom. The summed E-state index contributed by atoms with van der Waals surface area (Å²) < 4.78 is 19.3. The molecule has 1 atom stereocenters. The fourth-order valence-electron chi connectivity index (χ4n) is 2.28. The van der Waals surface area contributed by atoms with Crippen molar-refractivity contribution in [2.45, 2.75) is 6.04 Å². The van der Waals surface area contributed by atoms with Crippen molar-refractivity contribution in [3.8, 4) is 5.75 Å². The number of ether oxygens (including phenoxy) is 1. The number of nitrogens with two attached hydrogens (primary N) is 1. The van der Waals surface area contributed by atoms with Gasteiger partial charge in [0.1, 0.15) is 0 Å². The third kappa shape index (κ3) is 2.43. The highest BCUT2D eigenvalue weighted by Gasteiger charge is 2.17. The Kier molecular flexibility index (Phi) is 3.50. The lowest BCUT2D eigenvalue weighted by atomic mass is 9.98. The minimum Gasteiger partial charge on any atom is -0.494 e. The molecule has 0 radical (unpaired) electrons. The zero-order valence-corrected chi connectivity index (χ0v) is 11.5. The van der Waals surface area contributed by atoms with Gasteiger partial charge in [0.15, 0.2) is 11.6 Å². The first kappa shape index (κ1) is 13.5. The second-order valence-corrected chi connectivity index (χ2v) is 4.65. The maximum Gasteiger partial charge on any atom is 0.170 e. The molecule has 0 spiro atoms. The Bertz CT molecular complexity index is 791. The molecule has 3 aromatic rings. The topological polar surface area (TPSA) is 61.0 Å². The maximum absolute atomic E-state index is 14.3. The number of nitrogens with zero attached hydrogens (tertiary/aromatic N) is 2. The van der Waals surface area contributed by atoms with Crippen molar-refractivity contribution < 1.29 is 9.13 Å². The summed E-state index contributed by atoms with van der Waals surface area (Å²) in [6, 6.07) is 9.84. The molecule has 2 aromatic carbocycles. The number of aromatic nitrogens is 2. The maximum atomic E-state index is 14.3. The number of hydrogen-bond donors (Lipinski definition) is 1. The quantitative estimate of drug-likeness (QED) is 0.803. The van der Waals surface area contributed by atoms with Crippen LogP contribution in [0, 0.1) is 5.82 Å². The van der Waals surface area contributed by atoms with E-state index in [0.29, 0.717) is 5.56 Å². The van der Waals surface area contributed by atoms with Gasteiger partial charge in [0.2, 0.25) is 0 Å². The van der Waals surface area contributed by atoms with E-state index in [4.69, 9.17) is 10.5 Å². The average Bonchev–Trinajstić information content (AvgIpc) is 2.54. The number of fused-ring (bicyclic) bond motifs is 1. The molecule has 2 N–H and O–H groups in total. The van der Waals surface area contributed by atoms with E-state index in [1.54, 1.807) is 30.6 Å². The number of benzene rings is 2. The molecule has 0 fully saturated rings. The van der Waals surface area contributed by atoms with Gasteiger partial charge < -0.3 is 10.5 Å². The third-order valence-corrected chi connectivity index (χ3v) is 3.40. The second-order valence-electron chi connectivity index (χ2n) is 4.65. The fourth-order valence-corrected chi connectivity index (χ4v) is 2.28. The summed E-state index contributed by atoms with van der Waals surface area (Å²) in [6.45, 7) is 0. The van der Waals surface area contributed by atoms with Crippen LogP contribution in [0.3, 0.4) is 0 Å². The summed E-state index contributed by atoms with van der Waals surface area (Å²) in [5.74, 6) is -0.254. The van der Waals surface area contributed by atoms with Crippen LogP contribution < -0.4 is 10.5 Å². The van der Waals surface area contributed by atoms with Gasteiger partial charge in [-0.05, 0) is 23.8 Å². The molecule has 21 heavy (non-hydrogen) atoms. The monoisotopic (exact) mass is 283 g/mol. The standard InChI is InChI=1S/C16H14FN3O/c1-21-14-4-2-3-11(15(14)17)16(18)10-5-6-12-13(9-10)20-8-7-19-12/h2-9,16H,18H2,1H3. The van der Waals surface area contributed by atoms with E-state index in [9.17, 15) is 4.39 Å². The van der Waals surface area contributed by atoms with E-state index >= 15 is 0 Å². The number of rotatable bonds is 3. The number of hydrogen-bond acceptors (Lipinski definition) is 4. The van der Waals surface area contributed by atoms with Crippen molar-refractivity contribution in [2.24, 2.45) is 5.73 Å². The first-order valence-electron chi connectivity index (χ1n) is 6.49. The van der Waals surface area contributed by atoms with Gasteiger partial charge in [-0.3, -0.25) is 9.97 Å². The third-order valence-electron chi connectivity index (χ3n) is 3.40. The van der Waals surface area contributed by atoms with Gasteiger partial charge in [-0.25, -0.2) is 4.39 Å². The summed E-state index contributed by atoms with van der Waals surface area (Å²) in [5, 5.41) is 0. The molecule has 106 valence electrons. The molecule has 4 nitrogen and oxygen atoms in total. The molecule has 1 aromatic heterocycles. The van der Waals surface area contributed by atoms with E-state index < -0.39 is 11.9 Å². The lowest BCUT2D eigenvalue weighted by Crippen LogP contribution is -2.14. The lowest BCUT2D eigenvalue weighted by molar-refractivity contribution is 0.383. The van der Waals surface area contributed by atoms with Gasteiger partial charge >= 0.3 is 0 Å². The number of halogens is 1. The predicted octanol–water partition coefficient (Wildman–Crippen LogP) is 2.83. The largest absolute Gasteiger partial charge is 0.494 e. The highest BCUT2D eigenvalue weighted by molar-refractivity contribution is 5.74. The van der Waals surface area contributed by atoms with Crippen LogP contribution in [0.4, 0.5) is 4.39 Å². The Morgan fingerprint density at radius 3 is 2.62 bits per heavy atom. The minimum absolute atomic E-state index is 0.184. The summed E-state index contributed by atoms with van der Waals surface area (Å²) in [5.41, 5.74) is 8.86. The first-order valence-corrected chi connectivity index (χ1v) is 6.49. The first-order chi connectivity index (χ1) is 10.2. The van der Waals surface area contributed by atoms with Gasteiger partial charge in [0.25, 0.3) is 0 Å². The van der Waals surface area contributed by atoms with Gasteiger partial charge in [0, 0.05) is 18.0 Å². The molecule has 0 aliphatic carbocycles. The van der Waals surface area contributed by atoms with E-state index in [-0.39, 0.29) is 5.75 Å². The highest BCUT2D eigenvalue weighted by atomic mass is 19.1. The molecule has 1 heterocycles. The summed E-state index contributed by atoms with van der Waals surface area (Å²) in [7, 11) is 1.43. The van der Waals surface area contributed by atoms with E-state index in [2.05, 4.69) is 9.97 Å². The lowest BCUT2D eigenvalue weighted by Gasteiger charge is -2.15. The average molecular weight is 283 g/mol. The summed E-state index contributed by atoms with van der Waals surface area (Å²) in [4.78, 5) is 8.44. The second kappa shape index (κ2) is 5.46. The molecule has 5 heteroatoms. The highest BCUT2D eigenvalue weighted by Crippen LogP contribution is 2.28. The molecular weight excluding hydrogens is 269 g/mol. The van der Waals surface area contributed by atoms with Crippen LogP contribution in [0.15, 0.2) is 48.8 Å². The van der Waals surface area contributed by atoms with Crippen LogP contribution in [0.1, 0.15) is 17.2 Å². The predicted molar refractivity (Wildman–Crippen MR) is 78.5 cm³/mol. The minimum atomic E-state index is -0.591. The smallest absolute Gasteiger partial charge is 0.170 e. The zero-order chi connectivity index (χ0) is 14.8. The van der Waals surface area contributed by atoms with Crippen molar-refractivity contribution in [2.75, 3.05) is 7.11 Å². The van der Waals surface area contributed by atoms with Gasteiger partial charge in [-0.2, -0.15) is 0 Å². The zero-order valence-electron chi connectivity index (χ0n) is 11.5. The Balaban J connectivity index is 2.06. The normalized spacial score (nSPS) is 12.3. The molecule has 0 saturated heterocycles. The van der Waals surface area contributed by atoms with E-state index in [1.165, 1.54) is 7.11 Å². The molecule has 0 saturated carbocycles. The van der Waals surface area contributed by atoms with Crippen LogP contribution >= 0.6 is 0 Å². The van der Waals surface area contributed by atoms with Crippen molar-refractivity contribution in [1.29, 1.82) is 0 Å². The van der Waals surface area contributed by atoms with Crippen molar-refractivity contribution >= 4 is 11.0 Å². The van der Waals surface area contributed by atoms with Crippen LogP contribution in [0.25, 0.3) is 11.0 Å². The molecule has 3 rings (SSSR count). The molecule has 0 aliphatic rings. The summed E-state index contributed by atoms with van der Waals surface area (Å²) in [6.07, 6.45) is 3.24. The summed E-state index contributed by atoms with van der Waals surface area (Å²) >= 11 is 0. The van der Waals surface area contributed by atoms with Gasteiger partial charge in [-0.1, -0.05) is 18.2 Å². The molecule has 0 amide bonds. The van der Waals surface area contributed by atoms with E-state index in [0.717, 1.165) is 16.6 Å². The van der Waals surface area contributed by atoms with Crippen LogP contribution in [-0.2, 0) is 0 Å². The van der Waals surface area contributed by atoms with Crippen molar-refractivity contribution in [3.05, 3.63) is 65.7 Å². The van der Waals surface area contributed by atoms with Crippen LogP contribution in [0.5, 0.6) is 5.75 Å². The van der Waals surface area contributed by atoms with Crippen LogP contribution in [0.2, 0.25) is 0 Å². The SMILES string of the molecule is COc1cccc(C(N)c2ccc3nccnc3c2)c1F. The molecule has 0 aliphatic heterocycles. The molecule has 0 bridgehead atoms. The van der Waals surface area contributed by atoms with Gasteiger partial charge in [0.05, 0.1) is 24.2 Å². The van der Waals surface area contributed by atoms with Gasteiger partial charge in [-0.15, -0.1) is 0 Å². The van der Waals surface area contributed by atoms with E-state index in [1.807, 2.05) is 18.2 Å².